The second-order valence-corrected chi connectivity index (χ2v) is 13.8. The van der Waals surface area contributed by atoms with Gasteiger partial charge in [0, 0.05) is 31.9 Å². The SMILES string of the molecule is CC.CCCSc1cccc(C#Cc2nc(C)ccc2OCC(=O)O)c1.Cc1ccc(SC(C)C)cc1C#Cc1cc(C#N)ccc1OCC(=O)O. The van der Waals surface area contributed by atoms with Crippen molar-refractivity contribution in [3.63, 3.8) is 0 Å². The van der Waals surface area contributed by atoms with Gasteiger partial charge < -0.3 is 19.7 Å². The van der Waals surface area contributed by atoms with Gasteiger partial charge in [-0.3, -0.25) is 0 Å². The van der Waals surface area contributed by atoms with Gasteiger partial charge in [-0.15, -0.1) is 23.5 Å². The van der Waals surface area contributed by atoms with Crippen LogP contribution in [0.4, 0.5) is 0 Å². The lowest BCUT2D eigenvalue weighted by Crippen LogP contribution is -2.10. The molecule has 270 valence electrons. The number of rotatable bonds is 11. The van der Waals surface area contributed by atoms with Crippen LogP contribution in [0.3, 0.4) is 0 Å². The van der Waals surface area contributed by atoms with E-state index < -0.39 is 25.2 Å². The van der Waals surface area contributed by atoms with Crippen molar-refractivity contribution in [3.8, 4) is 41.2 Å². The third-order valence-electron chi connectivity index (χ3n) is 6.35. The number of nitrogens with zero attached hydrogens (tertiary/aromatic N) is 2. The molecule has 3 aromatic carbocycles. The number of thioether (sulfide) groups is 2. The van der Waals surface area contributed by atoms with Gasteiger partial charge in [0.1, 0.15) is 5.75 Å². The minimum absolute atomic E-state index is 0.351. The highest BCUT2D eigenvalue weighted by atomic mass is 32.2. The summed E-state index contributed by atoms with van der Waals surface area (Å²) in [6, 6.07) is 24.4. The van der Waals surface area contributed by atoms with Crippen molar-refractivity contribution in [2.75, 3.05) is 19.0 Å². The molecular formula is C42H44N2O6S2. The fourth-order valence-electron chi connectivity index (χ4n) is 4.08. The van der Waals surface area contributed by atoms with Gasteiger partial charge in [-0.1, -0.05) is 64.5 Å². The largest absolute Gasteiger partial charge is 0.481 e. The standard InChI is InChI=1S/C21H19NO3S.C19H19NO3S.C2H6/c1-14(2)26-19-8-4-15(3)17(11-19)6-7-18-10-16(12-22)5-9-20(18)25-13-21(23)24;1-3-11-24-16-6-4-5-15(12-16)8-9-17-18(23-13-19(21)22)10-7-14(2)20-17;1-2/h4-5,8-11,14H,13H2,1-3H3,(H,23,24);4-7,10,12H,3,11,13H2,1-2H3,(H,21,22);1-2H3. The van der Waals surface area contributed by atoms with E-state index in [-0.39, 0.29) is 0 Å². The van der Waals surface area contributed by atoms with Gasteiger partial charge in [-0.25, -0.2) is 14.6 Å². The molecule has 1 heterocycles. The topological polar surface area (TPSA) is 130 Å². The van der Waals surface area contributed by atoms with Crippen LogP contribution in [0.15, 0.2) is 82.6 Å². The molecule has 4 rings (SSSR count). The summed E-state index contributed by atoms with van der Waals surface area (Å²) in [7, 11) is 0. The van der Waals surface area contributed by atoms with E-state index >= 15 is 0 Å². The number of hydrogen-bond acceptors (Lipinski definition) is 8. The fraction of sp³-hybridized carbons (Fsp3) is 0.286. The minimum atomic E-state index is -1.07. The Morgan fingerprint density at radius 1 is 0.788 bits per heavy atom. The number of benzene rings is 3. The van der Waals surface area contributed by atoms with Crippen LogP contribution >= 0.6 is 23.5 Å². The van der Waals surface area contributed by atoms with Gasteiger partial charge in [0.15, 0.2) is 24.7 Å². The Labute approximate surface area is 316 Å². The van der Waals surface area contributed by atoms with Crippen LogP contribution in [0.5, 0.6) is 11.5 Å². The Kier molecular flexibility index (Phi) is 19.1. The molecule has 1 aromatic heterocycles. The number of pyridine rings is 1. The van der Waals surface area contributed by atoms with E-state index in [1.165, 1.54) is 4.90 Å². The van der Waals surface area contributed by atoms with Crippen molar-refractivity contribution in [1.29, 1.82) is 5.26 Å². The van der Waals surface area contributed by atoms with Crippen LogP contribution in [0, 0.1) is 48.9 Å². The van der Waals surface area contributed by atoms with Crippen LogP contribution in [-0.4, -0.2) is 51.4 Å². The first-order valence-corrected chi connectivity index (χ1v) is 18.6. The van der Waals surface area contributed by atoms with Crippen molar-refractivity contribution >= 4 is 35.5 Å². The van der Waals surface area contributed by atoms with E-state index in [9.17, 15) is 9.59 Å². The van der Waals surface area contributed by atoms with E-state index in [1.807, 2.05) is 58.0 Å². The third kappa shape index (κ3) is 15.7. The Morgan fingerprint density at radius 3 is 2.12 bits per heavy atom. The Balaban J connectivity index is 0.000000345. The van der Waals surface area contributed by atoms with Crippen molar-refractivity contribution in [1.82, 2.24) is 4.98 Å². The van der Waals surface area contributed by atoms with Crippen molar-refractivity contribution in [3.05, 3.63) is 112 Å². The van der Waals surface area contributed by atoms with Crippen LogP contribution in [0.25, 0.3) is 0 Å². The van der Waals surface area contributed by atoms with Gasteiger partial charge in [0.2, 0.25) is 0 Å². The summed E-state index contributed by atoms with van der Waals surface area (Å²) >= 11 is 3.56. The average Bonchev–Trinajstić information content (AvgIpc) is 3.13. The van der Waals surface area contributed by atoms with Crippen LogP contribution in [-0.2, 0) is 9.59 Å². The Hall–Kier alpha value is -5.34. The molecule has 0 radical (unpaired) electrons. The lowest BCUT2D eigenvalue weighted by Gasteiger charge is -2.07. The Morgan fingerprint density at radius 2 is 1.46 bits per heavy atom. The highest BCUT2D eigenvalue weighted by Gasteiger charge is 2.08. The van der Waals surface area contributed by atoms with Crippen LogP contribution in [0.1, 0.15) is 80.2 Å². The van der Waals surface area contributed by atoms with Gasteiger partial charge in [0.25, 0.3) is 0 Å². The molecule has 0 amide bonds. The lowest BCUT2D eigenvalue weighted by atomic mass is 10.1. The molecule has 0 aliphatic carbocycles. The average molecular weight is 737 g/mol. The lowest BCUT2D eigenvalue weighted by molar-refractivity contribution is -0.140. The molecule has 0 spiro atoms. The maximum atomic E-state index is 10.7. The summed E-state index contributed by atoms with van der Waals surface area (Å²) in [5, 5.41) is 27.1. The fourth-order valence-corrected chi connectivity index (χ4v) is 5.78. The number of carboxylic acid groups (broad SMARTS) is 2. The van der Waals surface area contributed by atoms with Gasteiger partial charge in [-0.2, -0.15) is 5.26 Å². The van der Waals surface area contributed by atoms with Crippen LogP contribution in [0.2, 0.25) is 0 Å². The molecule has 2 N–H and O–H groups in total. The number of ether oxygens (including phenoxy) is 2. The van der Waals surface area contributed by atoms with Gasteiger partial charge >= 0.3 is 11.9 Å². The Bertz CT molecular complexity index is 1980. The number of aromatic nitrogens is 1. The van der Waals surface area contributed by atoms with E-state index in [4.69, 9.17) is 24.9 Å². The number of aryl methyl sites for hydroxylation is 2. The number of carboxylic acids is 2. The van der Waals surface area contributed by atoms with E-state index in [0.717, 1.165) is 39.5 Å². The number of carbonyl (C=O) groups is 2. The van der Waals surface area contributed by atoms with Crippen molar-refractivity contribution in [2.24, 2.45) is 0 Å². The minimum Gasteiger partial charge on any atom is -0.481 e. The van der Waals surface area contributed by atoms with E-state index in [0.29, 0.717) is 33.6 Å². The van der Waals surface area contributed by atoms with E-state index in [2.05, 4.69) is 67.6 Å². The number of nitriles is 1. The molecule has 0 saturated carbocycles. The summed E-state index contributed by atoms with van der Waals surface area (Å²) in [4.78, 5) is 28.1. The molecule has 0 atom stereocenters. The molecule has 0 fully saturated rings. The first-order valence-electron chi connectivity index (χ1n) is 16.7. The molecule has 10 heteroatoms. The molecule has 52 heavy (non-hydrogen) atoms. The predicted molar refractivity (Wildman–Crippen MR) is 209 cm³/mol. The molecule has 0 unspecified atom stereocenters. The summed E-state index contributed by atoms with van der Waals surface area (Å²) in [6.45, 7) is 13.4. The predicted octanol–water partition coefficient (Wildman–Crippen LogP) is 9.01. The van der Waals surface area contributed by atoms with Crippen molar-refractivity contribution in [2.45, 2.75) is 69.9 Å². The highest BCUT2D eigenvalue weighted by molar-refractivity contribution is 8.00. The molecule has 0 aliphatic heterocycles. The third-order valence-corrected chi connectivity index (χ3v) is 8.55. The summed E-state index contributed by atoms with van der Waals surface area (Å²) in [5.41, 5.74) is 5.02. The smallest absolute Gasteiger partial charge is 0.341 e. The molecule has 4 aromatic rings. The number of aliphatic carboxylic acids is 2. The molecule has 0 aliphatic rings. The zero-order valence-electron chi connectivity index (χ0n) is 30.6. The summed E-state index contributed by atoms with van der Waals surface area (Å²) in [5.74, 6) is 11.9. The normalized spacial score (nSPS) is 9.67. The summed E-state index contributed by atoms with van der Waals surface area (Å²) < 4.78 is 10.5. The molecular weight excluding hydrogens is 693 g/mol. The van der Waals surface area contributed by atoms with Crippen molar-refractivity contribution < 1.29 is 29.3 Å². The van der Waals surface area contributed by atoms with Gasteiger partial charge in [0.05, 0.1) is 17.2 Å². The molecule has 8 nitrogen and oxygen atoms in total. The second-order valence-electron chi connectivity index (χ2n) is 11.0. The van der Waals surface area contributed by atoms with Crippen LogP contribution < -0.4 is 9.47 Å². The van der Waals surface area contributed by atoms with Gasteiger partial charge in [-0.05, 0) is 98.2 Å². The molecule has 0 bridgehead atoms. The second kappa shape index (κ2) is 23.2. The highest BCUT2D eigenvalue weighted by Crippen LogP contribution is 2.26. The monoisotopic (exact) mass is 736 g/mol. The maximum absolute atomic E-state index is 10.7. The quantitative estimate of drug-likeness (QED) is 0.114. The zero-order chi connectivity index (χ0) is 38.5. The maximum Gasteiger partial charge on any atom is 0.341 e. The summed E-state index contributed by atoms with van der Waals surface area (Å²) in [6.07, 6.45) is 1.12. The molecule has 0 saturated heterocycles. The first kappa shape index (κ1) is 42.8. The first-order chi connectivity index (χ1) is 25.0. The zero-order valence-corrected chi connectivity index (χ0v) is 32.2. The number of hydrogen-bond donors (Lipinski definition) is 2. The van der Waals surface area contributed by atoms with E-state index in [1.54, 1.807) is 53.9 Å².